The first-order valence-corrected chi connectivity index (χ1v) is 6.11. The van der Waals surface area contributed by atoms with Crippen molar-refractivity contribution < 1.29 is 14.7 Å². The third-order valence-electron chi connectivity index (χ3n) is 2.13. The van der Waals surface area contributed by atoms with Crippen molar-refractivity contribution in [1.82, 2.24) is 0 Å². The molecule has 1 rings (SSSR count). The van der Waals surface area contributed by atoms with Gasteiger partial charge in [-0.25, -0.2) is 0 Å². The standard InChI is InChI=1S/C12H14BrNO3/c1-8(15)14-11-4-2-9(3-5-11)6-10(13)7-12(16)17/h2-5,10H,6-7H2,1H3,(H,14,15)(H,16,17). The number of hydrogen-bond donors (Lipinski definition) is 2. The summed E-state index contributed by atoms with van der Waals surface area (Å²) in [5.41, 5.74) is 1.77. The Morgan fingerprint density at radius 3 is 2.41 bits per heavy atom. The predicted octanol–water partition coefficient (Wildman–Crippen LogP) is 2.43. The number of carboxylic acids is 1. The number of nitrogens with one attached hydrogen (secondary N) is 1. The molecule has 1 unspecified atom stereocenters. The lowest BCUT2D eigenvalue weighted by Crippen LogP contribution is -2.10. The number of rotatable bonds is 5. The van der Waals surface area contributed by atoms with E-state index in [9.17, 15) is 9.59 Å². The van der Waals surface area contributed by atoms with Gasteiger partial charge < -0.3 is 10.4 Å². The van der Waals surface area contributed by atoms with Crippen LogP contribution in [0.3, 0.4) is 0 Å². The van der Waals surface area contributed by atoms with Crippen LogP contribution in [0.25, 0.3) is 0 Å². The summed E-state index contributed by atoms with van der Waals surface area (Å²) < 4.78 is 0. The maximum atomic E-state index is 10.8. The molecule has 0 spiro atoms. The Hall–Kier alpha value is -1.36. The third-order valence-corrected chi connectivity index (χ3v) is 2.78. The molecular formula is C12H14BrNO3. The van der Waals surface area contributed by atoms with Crippen LogP contribution in [0.15, 0.2) is 24.3 Å². The van der Waals surface area contributed by atoms with Crippen LogP contribution in [-0.4, -0.2) is 21.8 Å². The van der Waals surface area contributed by atoms with Gasteiger partial charge in [0.15, 0.2) is 0 Å². The van der Waals surface area contributed by atoms with E-state index in [0.29, 0.717) is 6.42 Å². The summed E-state index contributed by atoms with van der Waals surface area (Å²) in [5, 5.41) is 11.3. The Morgan fingerprint density at radius 1 is 1.35 bits per heavy atom. The molecule has 0 aliphatic heterocycles. The second kappa shape index (κ2) is 6.39. The van der Waals surface area contributed by atoms with Crippen molar-refractivity contribution in [3.63, 3.8) is 0 Å². The molecule has 1 amide bonds. The van der Waals surface area contributed by atoms with Crippen LogP contribution >= 0.6 is 15.9 Å². The van der Waals surface area contributed by atoms with Crippen molar-refractivity contribution in [3.05, 3.63) is 29.8 Å². The first kappa shape index (κ1) is 13.7. The van der Waals surface area contributed by atoms with Crippen LogP contribution in [0.1, 0.15) is 18.9 Å². The summed E-state index contributed by atoms with van der Waals surface area (Å²) in [6.07, 6.45) is 0.736. The number of carbonyl (C=O) groups excluding carboxylic acids is 1. The summed E-state index contributed by atoms with van der Waals surface area (Å²) in [6, 6.07) is 7.36. The topological polar surface area (TPSA) is 66.4 Å². The van der Waals surface area contributed by atoms with Crippen LogP contribution in [0.5, 0.6) is 0 Å². The molecule has 17 heavy (non-hydrogen) atoms. The predicted molar refractivity (Wildman–Crippen MR) is 69.4 cm³/mol. The Morgan fingerprint density at radius 2 is 1.94 bits per heavy atom. The fourth-order valence-electron chi connectivity index (χ4n) is 1.44. The van der Waals surface area contributed by atoms with Crippen molar-refractivity contribution in [2.24, 2.45) is 0 Å². The van der Waals surface area contributed by atoms with Gasteiger partial charge in [0.2, 0.25) is 5.91 Å². The van der Waals surface area contributed by atoms with Gasteiger partial charge in [0.1, 0.15) is 0 Å². The van der Waals surface area contributed by atoms with Crippen molar-refractivity contribution in [2.75, 3.05) is 5.32 Å². The molecule has 0 radical (unpaired) electrons. The van der Waals surface area contributed by atoms with E-state index in [1.54, 1.807) is 12.1 Å². The van der Waals surface area contributed by atoms with Gasteiger partial charge in [-0.05, 0) is 24.1 Å². The van der Waals surface area contributed by atoms with Crippen LogP contribution in [0, 0.1) is 0 Å². The van der Waals surface area contributed by atoms with Gasteiger partial charge in [-0.3, -0.25) is 9.59 Å². The molecule has 92 valence electrons. The van der Waals surface area contributed by atoms with Crippen molar-refractivity contribution in [3.8, 4) is 0 Å². The van der Waals surface area contributed by atoms with Crippen molar-refractivity contribution in [1.29, 1.82) is 0 Å². The molecule has 0 heterocycles. The average molecular weight is 300 g/mol. The summed E-state index contributed by atoms with van der Waals surface area (Å²) in [6.45, 7) is 1.45. The lowest BCUT2D eigenvalue weighted by Gasteiger charge is -2.08. The number of halogens is 1. The van der Waals surface area contributed by atoms with Gasteiger partial charge in [0.25, 0.3) is 0 Å². The Labute approximate surface area is 108 Å². The Kier molecular flexibility index (Phi) is 5.15. The molecule has 0 bridgehead atoms. The monoisotopic (exact) mass is 299 g/mol. The second-order valence-electron chi connectivity index (χ2n) is 3.78. The molecule has 1 aromatic rings. The molecule has 1 atom stereocenters. The zero-order valence-electron chi connectivity index (χ0n) is 9.44. The molecule has 0 aliphatic rings. The molecule has 0 saturated heterocycles. The molecule has 5 heteroatoms. The largest absolute Gasteiger partial charge is 0.481 e. The van der Waals surface area contributed by atoms with Crippen LogP contribution in [-0.2, 0) is 16.0 Å². The van der Waals surface area contributed by atoms with E-state index >= 15 is 0 Å². The Bertz CT molecular complexity index is 403. The van der Waals surface area contributed by atoms with E-state index in [2.05, 4.69) is 21.2 Å². The molecule has 0 aromatic heterocycles. The number of hydrogen-bond acceptors (Lipinski definition) is 2. The molecule has 0 aliphatic carbocycles. The number of benzene rings is 1. The lowest BCUT2D eigenvalue weighted by molar-refractivity contribution is -0.136. The molecule has 2 N–H and O–H groups in total. The fraction of sp³-hybridized carbons (Fsp3) is 0.333. The minimum atomic E-state index is -0.818. The number of aliphatic carboxylic acids is 1. The van der Waals surface area contributed by atoms with Crippen molar-refractivity contribution in [2.45, 2.75) is 24.6 Å². The maximum absolute atomic E-state index is 10.8. The molecule has 1 aromatic carbocycles. The second-order valence-corrected chi connectivity index (χ2v) is 5.07. The summed E-state index contributed by atoms with van der Waals surface area (Å²) in [5.74, 6) is -0.927. The third kappa shape index (κ3) is 5.49. The number of anilines is 1. The quantitative estimate of drug-likeness (QED) is 0.821. The van der Waals surface area contributed by atoms with E-state index in [1.807, 2.05) is 12.1 Å². The molecule has 4 nitrogen and oxygen atoms in total. The van der Waals surface area contributed by atoms with Gasteiger partial charge in [0, 0.05) is 17.4 Å². The van der Waals surface area contributed by atoms with Crippen LogP contribution in [0.4, 0.5) is 5.69 Å². The van der Waals surface area contributed by atoms with Gasteiger partial charge >= 0.3 is 5.97 Å². The average Bonchev–Trinajstić information content (AvgIpc) is 2.18. The molecule has 0 fully saturated rings. The highest BCUT2D eigenvalue weighted by Gasteiger charge is 2.10. The minimum absolute atomic E-state index is 0.0772. The highest BCUT2D eigenvalue weighted by Crippen LogP contribution is 2.16. The number of alkyl halides is 1. The van der Waals surface area contributed by atoms with E-state index in [0.717, 1.165) is 11.3 Å². The zero-order chi connectivity index (χ0) is 12.8. The smallest absolute Gasteiger partial charge is 0.304 e. The normalized spacial score (nSPS) is 11.9. The summed E-state index contributed by atoms with van der Waals surface area (Å²) >= 11 is 3.32. The van der Waals surface area contributed by atoms with E-state index in [-0.39, 0.29) is 17.2 Å². The van der Waals surface area contributed by atoms with Crippen LogP contribution < -0.4 is 5.32 Å². The number of amides is 1. The first-order valence-electron chi connectivity index (χ1n) is 5.20. The maximum Gasteiger partial charge on any atom is 0.304 e. The van der Waals surface area contributed by atoms with E-state index < -0.39 is 5.97 Å². The van der Waals surface area contributed by atoms with Crippen LogP contribution in [0.2, 0.25) is 0 Å². The van der Waals surface area contributed by atoms with Gasteiger partial charge in [-0.15, -0.1) is 0 Å². The minimum Gasteiger partial charge on any atom is -0.481 e. The highest BCUT2D eigenvalue weighted by molar-refractivity contribution is 9.09. The molecular weight excluding hydrogens is 286 g/mol. The van der Waals surface area contributed by atoms with Gasteiger partial charge in [0.05, 0.1) is 6.42 Å². The SMILES string of the molecule is CC(=O)Nc1ccc(CC(Br)CC(=O)O)cc1. The summed E-state index contributed by atoms with van der Waals surface area (Å²) in [7, 11) is 0. The summed E-state index contributed by atoms with van der Waals surface area (Å²) in [4.78, 5) is 21.2. The zero-order valence-corrected chi connectivity index (χ0v) is 11.0. The lowest BCUT2D eigenvalue weighted by atomic mass is 10.1. The Balaban J connectivity index is 2.56. The van der Waals surface area contributed by atoms with Gasteiger partial charge in [-0.2, -0.15) is 0 Å². The number of carbonyl (C=O) groups is 2. The number of carboxylic acid groups (broad SMARTS) is 1. The van der Waals surface area contributed by atoms with Crippen molar-refractivity contribution >= 4 is 33.5 Å². The highest BCUT2D eigenvalue weighted by atomic mass is 79.9. The van der Waals surface area contributed by atoms with Gasteiger partial charge in [-0.1, -0.05) is 28.1 Å². The van der Waals surface area contributed by atoms with E-state index in [4.69, 9.17) is 5.11 Å². The first-order chi connectivity index (χ1) is 7.97. The molecule has 0 saturated carbocycles. The fourth-order valence-corrected chi connectivity index (χ4v) is 2.10. The van der Waals surface area contributed by atoms with E-state index in [1.165, 1.54) is 6.92 Å².